The number of hydrogen-bond donors (Lipinski definition) is 3. The highest BCUT2D eigenvalue weighted by molar-refractivity contribution is 6.07. The van der Waals surface area contributed by atoms with Gasteiger partial charge < -0.3 is 5.73 Å². The minimum Gasteiger partial charge on any atom is -0.397 e. The van der Waals surface area contributed by atoms with Gasteiger partial charge in [-0.05, 0) is 18.2 Å². The Morgan fingerprint density at radius 1 is 0.913 bits per heavy atom. The van der Waals surface area contributed by atoms with Gasteiger partial charge in [0.15, 0.2) is 0 Å². The Labute approximate surface area is 131 Å². The highest BCUT2D eigenvalue weighted by Gasteiger charge is 2.14. The van der Waals surface area contributed by atoms with Crippen molar-refractivity contribution >= 4 is 28.4 Å². The number of nitrogens with two attached hydrogens (primary N) is 1. The Morgan fingerprint density at radius 2 is 1.65 bits per heavy atom. The third-order valence-electron chi connectivity index (χ3n) is 3.25. The van der Waals surface area contributed by atoms with E-state index in [9.17, 15) is 9.59 Å². The molecule has 1 aromatic carbocycles. The van der Waals surface area contributed by atoms with Crippen LogP contribution in [0.1, 0.15) is 20.8 Å². The lowest BCUT2D eigenvalue weighted by molar-refractivity contribution is 0.0844. The quantitative estimate of drug-likeness (QED) is 0.618. The molecule has 0 unspecified atom stereocenters. The lowest BCUT2D eigenvalue weighted by Crippen LogP contribution is -2.42. The fourth-order valence-corrected chi connectivity index (χ4v) is 2.09. The topological polar surface area (TPSA) is 110 Å². The number of amides is 2. The third kappa shape index (κ3) is 2.93. The van der Waals surface area contributed by atoms with Gasteiger partial charge in [-0.1, -0.05) is 24.3 Å². The van der Waals surface area contributed by atoms with E-state index >= 15 is 0 Å². The SMILES string of the molecule is Nc1c(C(=O)NNC(=O)c2ccccn2)cnc2ccccc12. The molecule has 0 radical (unpaired) electrons. The van der Waals surface area contributed by atoms with E-state index < -0.39 is 11.8 Å². The minimum atomic E-state index is -0.551. The summed E-state index contributed by atoms with van der Waals surface area (Å²) in [7, 11) is 0. The smallest absolute Gasteiger partial charge is 0.288 e. The molecule has 3 rings (SSSR count). The monoisotopic (exact) mass is 307 g/mol. The molecule has 2 heterocycles. The molecule has 0 saturated carbocycles. The Kier molecular flexibility index (Phi) is 3.84. The first kappa shape index (κ1) is 14.5. The summed E-state index contributed by atoms with van der Waals surface area (Å²) in [6.45, 7) is 0. The van der Waals surface area contributed by atoms with Crippen molar-refractivity contribution in [2.45, 2.75) is 0 Å². The molecule has 0 fully saturated rings. The van der Waals surface area contributed by atoms with Crippen molar-refractivity contribution < 1.29 is 9.59 Å². The molecule has 23 heavy (non-hydrogen) atoms. The van der Waals surface area contributed by atoms with Crippen molar-refractivity contribution in [3.05, 3.63) is 66.1 Å². The molecule has 114 valence electrons. The van der Waals surface area contributed by atoms with Crippen LogP contribution in [0.3, 0.4) is 0 Å². The van der Waals surface area contributed by atoms with Gasteiger partial charge in [0.25, 0.3) is 11.8 Å². The van der Waals surface area contributed by atoms with E-state index in [1.54, 1.807) is 24.3 Å². The largest absolute Gasteiger partial charge is 0.397 e. The van der Waals surface area contributed by atoms with Gasteiger partial charge in [-0.2, -0.15) is 0 Å². The molecule has 0 aliphatic rings. The summed E-state index contributed by atoms with van der Waals surface area (Å²) in [4.78, 5) is 32.1. The first-order chi connectivity index (χ1) is 11.2. The molecule has 0 atom stereocenters. The van der Waals surface area contributed by atoms with Crippen LogP contribution in [0, 0.1) is 0 Å². The van der Waals surface area contributed by atoms with E-state index in [4.69, 9.17) is 5.73 Å². The van der Waals surface area contributed by atoms with Crippen LogP contribution in [0.5, 0.6) is 0 Å². The van der Waals surface area contributed by atoms with E-state index in [-0.39, 0.29) is 11.3 Å². The molecule has 0 bridgehead atoms. The van der Waals surface area contributed by atoms with E-state index in [0.717, 1.165) is 0 Å². The van der Waals surface area contributed by atoms with Crippen LogP contribution in [0.15, 0.2) is 54.9 Å². The summed E-state index contributed by atoms with van der Waals surface area (Å²) in [5.41, 5.74) is 12.0. The molecule has 2 amide bonds. The number of aromatic nitrogens is 2. The number of carbonyl (C=O) groups excluding carboxylic acids is 2. The predicted octanol–water partition coefficient (Wildman–Crippen LogP) is 1.29. The van der Waals surface area contributed by atoms with Crippen molar-refractivity contribution in [2.24, 2.45) is 0 Å². The zero-order chi connectivity index (χ0) is 16.2. The molecule has 0 saturated heterocycles. The number of hydrazine groups is 1. The fourth-order valence-electron chi connectivity index (χ4n) is 2.09. The maximum absolute atomic E-state index is 12.2. The average Bonchev–Trinajstić information content (AvgIpc) is 2.60. The number of rotatable bonds is 2. The molecule has 7 nitrogen and oxygen atoms in total. The van der Waals surface area contributed by atoms with Gasteiger partial charge in [-0.3, -0.25) is 30.4 Å². The second-order valence-electron chi connectivity index (χ2n) is 4.73. The number of pyridine rings is 2. The Morgan fingerprint density at radius 3 is 2.43 bits per heavy atom. The van der Waals surface area contributed by atoms with E-state index in [2.05, 4.69) is 20.8 Å². The highest BCUT2D eigenvalue weighted by Crippen LogP contribution is 2.22. The zero-order valence-electron chi connectivity index (χ0n) is 12.0. The van der Waals surface area contributed by atoms with E-state index in [0.29, 0.717) is 16.6 Å². The second kappa shape index (κ2) is 6.10. The van der Waals surface area contributed by atoms with Gasteiger partial charge in [0, 0.05) is 17.8 Å². The summed E-state index contributed by atoms with van der Waals surface area (Å²) in [5, 5.41) is 0.677. The van der Waals surface area contributed by atoms with E-state index in [1.807, 2.05) is 12.1 Å². The molecule has 7 heteroatoms. The molecular weight excluding hydrogens is 294 g/mol. The summed E-state index contributed by atoms with van der Waals surface area (Å²) in [5.74, 6) is -1.07. The van der Waals surface area contributed by atoms with Gasteiger partial charge in [-0.25, -0.2) is 0 Å². The molecule has 0 aliphatic heterocycles. The average molecular weight is 307 g/mol. The van der Waals surface area contributed by atoms with Crippen LogP contribution in [0.4, 0.5) is 5.69 Å². The van der Waals surface area contributed by atoms with Gasteiger partial charge in [0.1, 0.15) is 5.69 Å². The normalized spacial score (nSPS) is 10.3. The van der Waals surface area contributed by atoms with Crippen LogP contribution >= 0.6 is 0 Å². The molecular formula is C16H13N5O2. The van der Waals surface area contributed by atoms with Crippen LogP contribution in [-0.2, 0) is 0 Å². The van der Waals surface area contributed by atoms with Gasteiger partial charge in [-0.15, -0.1) is 0 Å². The van der Waals surface area contributed by atoms with Crippen LogP contribution in [0.25, 0.3) is 10.9 Å². The molecule has 3 aromatic rings. The number of nitrogens with zero attached hydrogens (tertiary/aromatic N) is 2. The number of nitrogens with one attached hydrogen (secondary N) is 2. The number of hydrogen-bond acceptors (Lipinski definition) is 5. The standard InChI is InChI=1S/C16H13N5O2/c17-14-10-5-1-2-6-12(10)19-9-11(14)15(22)20-21-16(23)13-7-3-4-8-18-13/h1-9H,(H2,17,19)(H,20,22)(H,21,23). The Balaban J connectivity index is 1.76. The maximum Gasteiger partial charge on any atom is 0.288 e. The third-order valence-corrected chi connectivity index (χ3v) is 3.25. The molecule has 4 N–H and O–H groups in total. The number of anilines is 1. The predicted molar refractivity (Wildman–Crippen MR) is 85.3 cm³/mol. The Bertz CT molecular complexity index is 880. The summed E-state index contributed by atoms with van der Waals surface area (Å²) >= 11 is 0. The van der Waals surface area contributed by atoms with Crippen molar-refractivity contribution in [1.82, 2.24) is 20.8 Å². The lowest BCUT2D eigenvalue weighted by atomic mass is 10.1. The van der Waals surface area contributed by atoms with Gasteiger partial charge >= 0.3 is 0 Å². The number of carbonyl (C=O) groups is 2. The van der Waals surface area contributed by atoms with Crippen LogP contribution in [-0.4, -0.2) is 21.8 Å². The van der Waals surface area contributed by atoms with Gasteiger partial charge in [0.05, 0.1) is 16.8 Å². The van der Waals surface area contributed by atoms with Gasteiger partial charge in [0.2, 0.25) is 0 Å². The maximum atomic E-state index is 12.2. The second-order valence-corrected chi connectivity index (χ2v) is 4.73. The van der Waals surface area contributed by atoms with Crippen molar-refractivity contribution in [2.75, 3.05) is 5.73 Å². The zero-order valence-corrected chi connectivity index (χ0v) is 12.0. The fraction of sp³-hybridized carbons (Fsp3) is 0. The van der Waals surface area contributed by atoms with Crippen molar-refractivity contribution in [3.63, 3.8) is 0 Å². The summed E-state index contributed by atoms with van der Waals surface area (Å²) in [6.07, 6.45) is 2.86. The number of fused-ring (bicyclic) bond motifs is 1. The number of para-hydroxylation sites is 1. The first-order valence-corrected chi connectivity index (χ1v) is 6.82. The molecule has 0 spiro atoms. The number of nitrogen functional groups attached to an aromatic ring is 1. The summed E-state index contributed by atoms with van der Waals surface area (Å²) < 4.78 is 0. The molecule has 2 aromatic heterocycles. The van der Waals surface area contributed by atoms with Crippen LogP contribution in [0.2, 0.25) is 0 Å². The molecule has 0 aliphatic carbocycles. The minimum absolute atomic E-state index is 0.185. The highest BCUT2D eigenvalue weighted by atomic mass is 16.2. The summed E-state index contributed by atoms with van der Waals surface area (Å²) in [6, 6.07) is 12.1. The van der Waals surface area contributed by atoms with Crippen molar-refractivity contribution in [3.8, 4) is 0 Å². The number of benzene rings is 1. The van der Waals surface area contributed by atoms with Crippen molar-refractivity contribution in [1.29, 1.82) is 0 Å². The first-order valence-electron chi connectivity index (χ1n) is 6.82. The van der Waals surface area contributed by atoms with E-state index in [1.165, 1.54) is 18.5 Å². The van der Waals surface area contributed by atoms with Crippen LogP contribution < -0.4 is 16.6 Å². The lowest BCUT2D eigenvalue weighted by Gasteiger charge is -2.10. The Hall–Kier alpha value is -3.48.